The molecule has 1 aliphatic heterocycles. The minimum absolute atomic E-state index is 0.0196. The number of nitrogens with zero attached hydrogens (tertiary/aromatic N) is 3. The molecular weight excluding hydrogens is 372 g/mol. The number of hydrogen-bond donors (Lipinski definition) is 1. The third-order valence-electron chi connectivity index (χ3n) is 4.34. The Bertz CT molecular complexity index is 1050. The highest BCUT2D eigenvalue weighted by molar-refractivity contribution is 7.99. The molecule has 0 fully saturated rings. The van der Waals surface area contributed by atoms with Crippen molar-refractivity contribution in [1.82, 2.24) is 9.97 Å². The van der Waals surface area contributed by atoms with E-state index in [9.17, 15) is 9.59 Å². The summed E-state index contributed by atoms with van der Waals surface area (Å²) in [7, 11) is 0. The average Bonchev–Trinajstić information content (AvgIpc) is 2.82. The van der Waals surface area contributed by atoms with Crippen LogP contribution in [0.1, 0.15) is 34.6 Å². The molecule has 0 atom stereocenters. The lowest BCUT2D eigenvalue weighted by molar-refractivity contribution is 0.0975. The number of fused-ring (bicyclic) bond motifs is 2. The molecule has 7 heteroatoms. The maximum Gasteiger partial charge on any atom is 0.261 e. The zero-order valence-electron chi connectivity index (χ0n) is 15.4. The molecule has 2 amide bonds. The summed E-state index contributed by atoms with van der Waals surface area (Å²) in [6, 6.07) is 12.5. The van der Waals surface area contributed by atoms with E-state index in [0.717, 1.165) is 10.6 Å². The van der Waals surface area contributed by atoms with Crippen LogP contribution >= 0.6 is 11.8 Å². The Kier molecular flexibility index (Phi) is 4.83. The number of benzene rings is 1. The highest BCUT2D eigenvalue weighted by Crippen LogP contribution is 2.42. The zero-order valence-corrected chi connectivity index (χ0v) is 16.2. The summed E-state index contributed by atoms with van der Waals surface area (Å²) in [5.74, 6) is -0.307. The van der Waals surface area contributed by atoms with E-state index in [1.54, 1.807) is 47.6 Å². The molecular formula is C21H18N4O2S. The Hall–Kier alpha value is -3.19. The van der Waals surface area contributed by atoms with Crippen molar-refractivity contribution < 1.29 is 9.59 Å². The first-order valence-corrected chi connectivity index (χ1v) is 9.68. The average molecular weight is 390 g/mol. The van der Waals surface area contributed by atoms with Gasteiger partial charge in [0.05, 0.1) is 16.8 Å². The molecule has 1 aliphatic rings. The van der Waals surface area contributed by atoms with Gasteiger partial charge < -0.3 is 10.2 Å². The lowest BCUT2D eigenvalue weighted by atomic mass is 10.1. The van der Waals surface area contributed by atoms with E-state index >= 15 is 0 Å². The second-order valence-corrected chi connectivity index (χ2v) is 7.64. The fourth-order valence-corrected chi connectivity index (χ4v) is 4.11. The van der Waals surface area contributed by atoms with Crippen LogP contribution in [0.4, 0.5) is 11.4 Å². The Morgan fingerprint density at radius 3 is 2.71 bits per heavy atom. The van der Waals surface area contributed by atoms with Gasteiger partial charge in [-0.2, -0.15) is 0 Å². The topological polar surface area (TPSA) is 75.2 Å². The number of hydrogen-bond acceptors (Lipinski definition) is 5. The monoisotopic (exact) mass is 390 g/mol. The first-order valence-electron chi connectivity index (χ1n) is 8.86. The first kappa shape index (κ1) is 18.2. The van der Waals surface area contributed by atoms with Gasteiger partial charge in [-0.25, -0.2) is 4.98 Å². The van der Waals surface area contributed by atoms with E-state index in [0.29, 0.717) is 21.8 Å². The van der Waals surface area contributed by atoms with Crippen molar-refractivity contribution in [2.24, 2.45) is 0 Å². The SMILES string of the molecule is CC(C)N1C(=O)c2cccnc2Sc2cc(NC(=O)c3cccnc3)ccc21. The van der Waals surface area contributed by atoms with Crippen LogP contribution in [0.5, 0.6) is 0 Å². The van der Waals surface area contributed by atoms with E-state index < -0.39 is 0 Å². The molecule has 0 radical (unpaired) electrons. The molecule has 0 unspecified atom stereocenters. The lowest BCUT2D eigenvalue weighted by Crippen LogP contribution is -2.37. The predicted molar refractivity (Wildman–Crippen MR) is 109 cm³/mol. The van der Waals surface area contributed by atoms with E-state index in [2.05, 4.69) is 15.3 Å². The zero-order chi connectivity index (χ0) is 19.7. The van der Waals surface area contributed by atoms with Crippen LogP contribution in [-0.2, 0) is 0 Å². The Balaban J connectivity index is 1.73. The van der Waals surface area contributed by atoms with Gasteiger partial charge in [-0.15, -0.1) is 0 Å². The highest BCUT2D eigenvalue weighted by Gasteiger charge is 2.30. The van der Waals surface area contributed by atoms with Crippen LogP contribution < -0.4 is 10.2 Å². The van der Waals surface area contributed by atoms with E-state index in [1.807, 2.05) is 26.0 Å². The fraction of sp³-hybridized carbons (Fsp3) is 0.143. The molecule has 4 rings (SSSR count). The molecule has 0 saturated carbocycles. The quantitative estimate of drug-likeness (QED) is 0.724. The Morgan fingerprint density at radius 2 is 1.96 bits per heavy atom. The van der Waals surface area contributed by atoms with Crippen LogP contribution in [0.15, 0.2) is 71.0 Å². The van der Waals surface area contributed by atoms with Crippen LogP contribution in [0, 0.1) is 0 Å². The molecule has 3 aromatic rings. The number of anilines is 2. The standard InChI is InChI=1S/C21H18N4O2S/c1-13(2)25-17-8-7-15(24-19(26)14-5-3-9-22-12-14)11-18(17)28-20-16(21(25)27)6-4-10-23-20/h3-13H,1-2H3,(H,24,26). The second-order valence-electron chi connectivity index (χ2n) is 6.61. The summed E-state index contributed by atoms with van der Waals surface area (Å²) >= 11 is 1.43. The normalized spacial score (nSPS) is 13.0. The smallest absolute Gasteiger partial charge is 0.261 e. The largest absolute Gasteiger partial charge is 0.322 e. The van der Waals surface area contributed by atoms with Crippen LogP contribution in [0.3, 0.4) is 0 Å². The number of rotatable bonds is 3. The summed E-state index contributed by atoms with van der Waals surface area (Å²) in [5.41, 5.74) is 2.52. The van der Waals surface area contributed by atoms with Gasteiger partial charge in [-0.3, -0.25) is 14.6 Å². The summed E-state index contributed by atoms with van der Waals surface area (Å²) in [4.78, 5) is 36.5. The molecule has 0 spiro atoms. The third-order valence-corrected chi connectivity index (χ3v) is 5.41. The molecule has 0 aliphatic carbocycles. The number of amides is 2. The van der Waals surface area contributed by atoms with Crippen molar-refractivity contribution in [3.8, 4) is 0 Å². The van der Waals surface area contributed by atoms with Gasteiger partial charge in [0.25, 0.3) is 11.8 Å². The fourth-order valence-electron chi connectivity index (χ4n) is 3.06. The van der Waals surface area contributed by atoms with Gasteiger partial charge in [-0.05, 0) is 56.3 Å². The number of carbonyl (C=O) groups excluding carboxylic acids is 2. The molecule has 2 aromatic heterocycles. The minimum atomic E-state index is -0.234. The minimum Gasteiger partial charge on any atom is -0.322 e. The van der Waals surface area contributed by atoms with Crippen LogP contribution in [0.2, 0.25) is 0 Å². The summed E-state index contributed by atoms with van der Waals surface area (Å²) in [5, 5.41) is 3.55. The number of aromatic nitrogens is 2. The van der Waals surface area contributed by atoms with Crippen molar-refractivity contribution in [2.45, 2.75) is 29.8 Å². The summed E-state index contributed by atoms with van der Waals surface area (Å²) in [6.45, 7) is 3.96. The molecule has 3 heterocycles. The summed E-state index contributed by atoms with van der Waals surface area (Å²) in [6.07, 6.45) is 4.82. The second kappa shape index (κ2) is 7.44. The maximum atomic E-state index is 13.1. The van der Waals surface area contributed by atoms with Gasteiger partial charge in [0, 0.05) is 35.2 Å². The van der Waals surface area contributed by atoms with Gasteiger partial charge in [0.15, 0.2) is 0 Å². The lowest BCUT2D eigenvalue weighted by Gasteiger charge is -2.27. The van der Waals surface area contributed by atoms with Crippen molar-refractivity contribution in [2.75, 3.05) is 10.2 Å². The van der Waals surface area contributed by atoms with Crippen molar-refractivity contribution in [3.05, 3.63) is 72.2 Å². The van der Waals surface area contributed by atoms with Gasteiger partial charge in [0.1, 0.15) is 5.03 Å². The van der Waals surface area contributed by atoms with Gasteiger partial charge in [-0.1, -0.05) is 11.8 Å². The van der Waals surface area contributed by atoms with Gasteiger partial charge in [0.2, 0.25) is 0 Å². The van der Waals surface area contributed by atoms with Crippen LogP contribution in [-0.4, -0.2) is 27.8 Å². The third kappa shape index (κ3) is 3.36. The number of pyridine rings is 2. The molecule has 28 heavy (non-hydrogen) atoms. The molecule has 1 aromatic carbocycles. The van der Waals surface area contributed by atoms with Crippen molar-refractivity contribution >= 4 is 35.0 Å². The van der Waals surface area contributed by atoms with E-state index in [4.69, 9.17) is 0 Å². The van der Waals surface area contributed by atoms with Crippen LogP contribution in [0.25, 0.3) is 0 Å². The van der Waals surface area contributed by atoms with E-state index in [-0.39, 0.29) is 17.9 Å². The van der Waals surface area contributed by atoms with Gasteiger partial charge >= 0.3 is 0 Å². The Morgan fingerprint density at radius 1 is 1.14 bits per heavy atom. The molecule has 0 saturated heterocycles. The summed E-state index contributed by atoms with van der Waals surface area (Å²) < 4.78 is 0. The van der Waals surface area contributed by atoms with E-state index in [1.165, 1.54) is 18.0 Å². The molecule has 140 valence electrons. The van der Waals surface area contributed by atoms with Crippen molar-refractivity contribution in [3.63, 3.8) is 0 Å². The molecule has 1 N–H and O–H groups in total. The highest BCUT2D eigenvalue weighted by atomic mass is 32.2. The van der Waals surface area contributed by atoms with Crippen molar-refractivity contribution in [1.29, 1.82) is 0 Å². The number of carbonyl (C=O) groups is 2. The predicted octanol–water partition coefficient (Wildman–Crippen LogP) is 4.25. The maximum absolute atomic E-state index is 13.1. The Labute approximate surface area is 167 Å². The molecule has 0 bridgehead atoms. The first-order chi connectivity index (χ1) is 13.5. The molecule has 6 nitrogen and oxygen atoms in total. The number of nitrogens with one attached hydrogen (secondary N) is 1.